The average Bonchev–Trinajstić information content (AvgIpc) is 3.29. The van der Waals surface area contributed by atoms with Crippen LogP contribution < -0.4 is 4.74 Å². The Balaban J connectivity index is 1.58. The molecule has 1 aromatic heterocycles. The minimum atomic E-state index is -0.397. The number of carbonyl (C=O) groups is 1. The maximum atomic E-state index is 13.5. The highest BCUT2D eigenvalue weighted by atomic mass is 35.5. The lowest BCUT2D eigenvalue weighted by atomic mass is 9.97. The summed E-state index contributed by atoms with van der Waals surface area (Å²) in [6.07, 6.45) is 0.504. The first-order chi connectivity index (χ1) is 16.4. The fourth-order valence-corrected chi connectivity index (χ4v) is 4.52. The second-order valence-electron chi connectivity index (χ2n) is 8.22. The number of hydrogen-bond acceptors (Lipinski definition) is 4. The zero-order valence-electron chi connectivity index (χ0n) is 18.6. The van der Waals surface area contributed by atoms with Crippen LogP contribution in [-0.4, -0.2) is 28.7 Å². The van der Waals surface area contributed by atoms with E-state index in [2.05, 4.69) is 4.98 Å². The first-order valence-electron chi connectivity index (χ1n) is 10.8. The van der Waals surface area contributed by atoms with Crippen molar-refractivity contribution >= 4 is 45.7 Å². The molecule has 3 aromatic carbocycles. The monoisotopic (exact) mass is 489 g/mol. The van der Waals surface area contributed by atoms with E-state index < -0.39 is 6.04 Å². The third kappa shape index (κ3) is 4.25. The standard InChI is InChI=1S/C27H21Cl2N3O2/c1-16-3-4-19-14-22(26(29)30-23(19)13-16)25-15-24(17-7-11-21(34-2)12-8-17)31-32(25)27(33)18-5-9-20(28)10-6-18/h3-14,25H,15H2,1-2H3/t25-/m1/s1. The molecule has 0 spiro atoms. The molecule has 1 amide bonds. The number of benzene rings is 3. The van der Waals surface area contributed by atoms with Gasteiger partial charge in [0.05, 0.1) is 24.4 Å². The van der Waals surface area contributed by atoms with Crippen LogP contribution >= 0.6 is 23.2 Å². The maximum absolute atomic E-state index is 13.5. The summed E-state index contributed by atoms with van der Waals surface area (Å²) in [7, 11) is 1.63. The topological polar surface area (TPSA) is 54.8 Å². The zero-order valence-corrected chi connectivity index (χ0v) is 20.1. The van der Waals surface area contributed by atoms with Crippen molar-refractivity contribution in [2.45, 2.75) is 19.4 Å². The van der Waals surface area contributed by atoms with Crippen LogP contribution in [0, 0.1) is 6.92 Å². The van der Waals surface area contributed by atoms with Gasteiger partial charge in [0.15, 0.2) is 0 Å². The number of halogens is 2. The molecule has 34 heavy (non-hydrogen) atoms. The van der Waals surface area contributed by atoms with Crippen molar-refractivity contribution in [2.75, 3.05) is 7.11 Å². The third-order valence-electron chi connectivity index (χ3n) is 5.95. The first kappa shape index (κ1) is 22.4. The molecule has 1 aliphatic heterocycles. The van der Waals surface area contributed by atoms with Crippen LogP contribution in [0.15, 0.2) is 77.9 Å². The number of ether oxygens (including phenoxy) is 1. The summed E-state index contributed by atoms with van der Waals surface area (Å²) in [5, 5.41) is 8.14. The summed E-state index contributed by atoms with van der Waals surface area (Å²) in [6, 6.07) is 22.1. The first-order valence-corrected chi connectivity index (χ1v) is 11.6. The zero-order chi connectivity index (χ0) is 23.8. The molecule has 0 N–H and O–H groups in total. The predicted octanol–water partition coefficient (Wildman–Crippen LogP) is 6.85. The number of rotatable bonds is 4. The second kappa shape index (κ2) is 9.09. The van der Waals surface area contributed by atoms with E-state index in [1.807, 2.05) is 55.5 Å². The number of pyridine rings is 1. The quantitative estimate of drug-likeness (QED) is 0.294. The fraction of sp³-hybridized carbons (Fsp3) is 0.148. The summed E-state index contributed by atoms with van der Waals surface area (Å²) in [5.41, 5.74) is 4.88. The van der Waals surface area contributed by atoms with Gasteiger partial charge in [0.25, 0.3) is 5.91 Å². The van der Waals surface area contributed by atoms with Gasteiger partial charge in [-0.3, -0.25) is 4.79 Å². The second-order valence-corrected chi connectivity index (χ2v) is 9.01. The summed E-state index contributed by atoms with van der Waals surface area (Å²) in [6.45, 7) is 2.02. The number of nitrogens with zero attached hydrogens (tertiary/aromatic N) is 3. The molecule has 0 bridgehead atoms. The molecular weight excluding hydrogens is 469 g/mol. The van der Waals surface area contributed by atoms with Crippen LogP contribution in [0.2, 0.25) is 10.2 Å². The molecule has 0 fully saturated rings. The van der Waals surface area contributed by atoms with Crippen molar-refractivity contribution in [1.29, 1.82) is 0 Å². The van der Waals surface area contributed by atoms with Crippen molar-refractivity contribution < 1.29 is 9.53 Å². The van der Waals surface area contributed by atoms with Gasteiger partial charge in [-0.15, -0.1) is 0 Å². The van der Waals surface area contributed by atoms with E-state index in [4.69, 9.17) is 33.0 Å². The molecule has 5 nitrogen and oxygen atoms in total. The lowest BCUT2D eigenvalue weighted by Crippen LogP contribution is -2.27. The highest BCUT2D eigenvalue weighted by Crippen LogP contribution is 2.38. The number of methoxy groups -OCH3 is 1. The van der Waals surface area contributed by atoms with Crippen molar-refractivity contribution in [3.63, 3.8) is 0 Å². The molecule has 0 unspecified atom stereocenters. The molecule has 7 heteroatoms. The largest absolute Gasteiger partial charge is 0.497 e. The predicted molar refractivity (Wildman–Crippen MR) is 136 cm³/mol. The average molecular weight is 490 g/mol. The molecule has 170 valence electrons. The molecule has 0 saturated carbocycles. The molecule has 4 aromatic rings. The van der Waals surface area contributed by atoms with Crippen LogP contribution in [0.25, 0.3) is 10.9 Å². The van der Waals surface area contributed by atoms with Gasteiger partial charge < -0.3 is 4.74 Å². The molecule has 0 saturated heterocycles. The molecule has 2 heterocycles. The lowest BCUT2D eigenvalue weighted by Gasteiger charge is -2.23. The Kier molecular flexibility index (Phi) is 5.98. The van der Waals surface area contributed by atoms with E-state index >= 15 is 0 Å². The Morgan fingerprint density at radius 2 is 1.74 bits per heavy atom. The molecular formula is C27H21Cl2N3O2. The van der Waals surface area contributed by atoms with Gasteiger partial charge in [-0.05, 0) is 78.7 Å². The van der Waals surface area contributed by atoms with Crippen molar-refractivity contribution in [3.8, 4) is 5.75 Å². The normalized spacial score (nSPS) is 15.5. The third-order valence-corrected chi connectivity index (χ3v) is 6.50. The molecule has 1 atom stereocenters. The Morgan fingerprint density at radius 1 is 1.00 bits per heavy atom. The summed E-state index contributed by atoms with van der Waals surface area (Å²) < 4.78 is 5.27. The number of hydrazone groups is 1. The molecule has 5 rings (SSSR count). The van der Waals surface area contributed by atoms with E-state index in [0.717, 1.165) is 39.1 Å². The van der Waals surface area contributed by atoms with Gasteiger partial charge in [0.2, 0.25) is 0 Å². The van der Waals surface area contributed by atoms with Gasteiger partial charge in [0.1, 0.15) is 10.9 Å². The van der Waals surface area contributed by atoms with Crippen molar-refractivity contribution in [3.05, 3.63) is 105 Å². The summed E-state index contributed by atoms with van der Waals surface area (Å²) in [4.78, 5) is 18.2. The van der Waals surface area contributed by atoms with Crippen molar-refractivity contribution in [2.24, 2.45) is 5.10 Å². The SMILES string of the molecule is COc1ccc(C2=NN(C(=O)c3ccc(Cl)cc3)[C@@H](c3cc4ccc(C)cc4nc3Cl)C2)cc1. The highest BCUT2D eigenvalue weighted by Gasteiger charge is 2.35. The Morgan fingerprint density at radius 3 is 2.44 bits per heavy atom. The Bertz CT molecular complexity index is 1420. The van der Waals surface area contributed by atoms with E-state index in [-0.39, 0.29) is 5.91 Å². The van der Waals surface area contributed by atoms with Gasteiger partial charge in [-0.1, -0.05) is 35.3 Å². The van der Waals surface area contributed by atoms with Crippen LogP contribution in [0.5, 0.6) is 5.75 Å². The van der Waals surface area contributed by atoms with E-state index in [1.165, 1.54) is 5.01 Å². The Labute approximate surface area is 207 Å². The number of hydrogen-bond donors (Lipinski definition) is 0. The van der Waals surface area contributed by atoms with Crippen LogP contribution in [-0.2, 0) is 0 Å². The highest BCUT2D eigenvalue weighted by molar-refractivity contribution is 6.31. The van der Waals surface area contributed by atoms with E-state index in [1.54, 1.807) is 31.4 Å². The van der Waals surface area contributed by atoms with E-state index in [0.29, 0.717) is 22.2 Å². The smallest absolute Gasteiger partial charge is 0.274 e. The van der Waals surface area contributed by atoms with Crippen LogP contribution in [0.1, 0.15) is 39.5 Å². The van der Waals surface area contributed by atoms with Gasteiger partial charge in [0, 0.05) is 28.0 Å². The molecule has 0 aliphatic carbocycles. The van der Waals surface area contributed by atoms with Gasteiger partial charge in [-0.25, -0.2) is 9.99 Å². The summed E-state index contributed by atoms with van der Waals surface area (Å²) >= 11 is 12.7. The number of aryl methyl sites for hydroxylation is 1. The molecule has 1 aliphatic rings. The van der Waals surface area contributed by atoms with Crippen LogP contribution in [0.3, 0.4) is 0 Å². The minimum Gasteiger partial charge on any atom is -0.497 e. The van der Waals surface area contributed by atoms with Gasteiger partial charge >= 0.3 is 0 Å². The van der Waals surface area contributed by atoms with E-state index in [9.17, 15) is 4.79 Å². The maximum Gasteiger partial charge on any atom is 0.274 e. The Hall–Kier alpha value is -3.41. The fourth-order valence-electron chi connectivity index (χ4n) is 4.13. The number of amides is 1. The number of carbonyl (C=O) groups excluding carboxylic acids is 1. The molecule has 0 radical (unpaired) electrons. The number of fused-ring (bicyclic) bond motifs is 1. The van der Waals surface area contributed by atoms with Gasteiger partial charge in [-0.2, -0.15) is 5.10 Å². The van der Waals surface area contributed by atoms with Crippen LogP contribution in [0.4, 0.5) is 0 Å². The number of aromatic nitrogens is 1. The lowest BCUT2D eigenvalue weighted by molar-refractivity contribution is 0.0711. The minimum absolute atomic E-state index is 0.231. The summed E-state index contributed by atoms with van der Waals surface area (Å²) in [5.74, 6) is 0.523. The van der Waals surface area contributed by atoms with Crippen molar-refractivity contribution in [1.82, 2.24) is 9.99 Å².